The third-order valence-corrected chi connectivity index (χ3v) is 3.79. The highest BCUT2D eigenvalue weighted by atomic mass is 35.5. The molecule has 3 aromatic rings. The average Bonchev–Trinajstić information content (AvgIpc) is 3.13. The van der Waals surface area contributed by atoms with Crippen LogP contribution in [-0.4, -0.2) is 16.7 Å². The van der Waals surface area contributed by atoms with E-state index < -0.39 is 0 Å². The molecule has 0 unspecified atom stereocenters. The van der Waals surface area contributed by atoms with Crippen molar-refractivity contribution in [2.45, 2.75) is 13.0 Å². The third kappa shape index (κ3) is 5.32. The van der Waals surface area contributed by atoms with Crippen LogP contribution in [0.15, 0.2) is 70.4 Å². The van der Waals surface area contributed by atoms with Crippen molar-refractivity contribution in [3.05, 3.63) is 71.6 Å². The standard InChI is InChI=1S/C19H17ClN4O3/c20-15-8-4-5-9-16(15)23-18(25)10-17(21)24-27-12-14-11-26-19(22-14)13-6-2-1-3-7-13/h1-9,11H,10,12H2,(H2,21,24)(H,23,25). The number of halogens is 1. The van der Waals surface area contributed by atoms with Gasteiger partial charge >= 0.3 is 0 Å². The van der Waals surface area contributed by atoms with E-state index in [2.05, 4.69) is 15.5 Å². The molecule has 0 bridgehead atoms. The number of aromatic nitrogens is 1. The topological polar surface area (TPSA) is 103 Å². The van der Waals surface area contributed by atoms with E-state index in [1.807, 2.05) is 30.3 Å². The van der Waals surface area contributed by atoms with Crippen molar-refractivity contribution in [2.24, 2.45) is 10.9 Å². The number of para-hydroxylation sites is 1. The number of hydrogen-bond acceptors (Lipinski definition) is 5. The molecule has 138 valence electrons. The van der Waals surface area contributed by atoms with E-state index in [0.717, 1.165) is 5.56 Å². The molecule has 8 heteroatoms. The van der Waals surface area contributed by atoms with E-state index in [9.17, 15) is 4.79 Å². The Labute approximate surface area is 160 Å². The van der Waals surface area contributed by atoms with E-state index in [-0.39, 0.29) is 24.8 Å². The van der Waals surface area contributed by atoms with Gasteiger partial charge in [0.15, 0.2) is 6.61 Å². The van der Waals surface area contributed by atoms with Gasteiger partial charge in [0.2, 0.25) is 11.8 Å². The summed E-state index contributed by atoms with van der Waals surface area (Å²) in [5.74, 6) is 0.178. The molecule has 0 fully saturated rings. The van der Waals surface area contributed by atoms with Crippen LogP contribution in [0.25, 0.3) is 11.5 Å². The van der Waals surface area contributed by atoms with Gasteiger partial charge in [0.05, 0.1) is 17.1 Å². The molecule has 1 aromatic heterocycles. The number of oxazole rings is 1. The fourth-order valence-electron chi connectivity index (χ4n) is 2.22. The lowest BCUT2D eigenvalue weighted by atomic mass is 10.2. The molecule has 0 saturated heterocycles. The van der Waals surface area contributed by atoms with Gasteiger partial charge in [0, 0.05) is 5.56 Å². The van der Waals surface area contributed by atoms with Crippen molar-refractivity contribution in [3.8, 4) is 11.5 Å². The van der Waals surface area contributed by atoms with Crippen molar-refractivity contribution < 1.29 is 14.0 Å². The Morgan fingerprint density at radius 3 is 2.70 bits per heavy atom. The number of nitrogens with one attached hydrogen (secondary N) is 1. The van der Waals surface area contributed by atoms with E-state index in [4.69, 9.17) is 26.6 Å². The summed E-state index contributed by atoms with van der Waals surface area (Å²) < 4.78 is 5.40. The SMILES string of the molecule is NC(CC(=O)Nc1ccccc1Cl)=NOCc1coc(-c2ccccc2)n1. The number of oxime groups is 1. The third-order valence-electron chi connectivity index (χ3n) is 3.46. The fraction of sp³-hybridized carbons (Fsp3) is 0.105. The first-order chi connectivity index (χ1) is 13.1. The first kappa shape index (κ1) is 18.5. The zero-order valence-electron chi connectivity index (χ0n) is 14.3. The fourth-order valence-corrected chi connectivity index (χ4v) is 2.40. The highest BCUT2D eigenvalue weighted by Gasteiger charge is 2.09. The molecule has 3 N–H and O–H groups in total. The van der Waals surface area contributed by atoms with Gasteiger partial charge < -0.3 is 20.3 Å². The molecule has 0 spiro atoms. The minimum atomic E-state index is -0.347. The Morgan fingerprint density at radius 2 is 1.93 bits per heavy atom. The number of nitrogens with zero attached hydrogens (tertiary/aromatic N) is 2. The number of carbonyl (C=O) groups excluding carboxylic acids is 1. The number of amidine groups is 1. The number of rotatable bonds is 7. The van der Waals surface area contributed by atoms with Crippen LogP contribution in [0, 0.1) is 0 Å². The van der Waals surface area contributed by atoms with Gasteiger partial charge in [-0.1, -0.05) is 47.1 Å². The molecular weight excluding hydrogens is 368 g/mol. The van der Waals surface area contributed by atoms with Gasteiger partial charge in [-0.2, -0.15) is 0 Å². The van der Waals surface area contributed by atoms with Crippen LogP contribution >= 0.6 is 11.6 Å². The lowest BCUT2D eigenvalue weighted by molar-refractivity contribution is -0.115. The minimum absolute atomic E-state index is 0.0336. The summed E-state index contributed by atoms with van der Waals surface area (Å²) in [6.45, 7) is 0.0726. The highest BCUT2D eigenvalue weighted by molar-refractivity contribution is 6.33. The Kier molecular flexibility index (Phi) is 6.06. The Morgan fingerprint density at radius 1 is 1.19 bits per heavy atom. The Bertz CT molecular complexity index is 941. The summed E-state index contributed by atoms with van der Waals surface area (Å²) in [6.07, 6.45) is 1.36. The molecule has 0 aliphatic heterocycles. The summed E-state index contributed by atoms with van der Waals surface area (Å²) in [4.78, 5) is 21.4. The molecule has 0 atom stereocenters. The van der Waals surface area contributed by atoms with Crippen molar-refractivity contribution in [2.75, 3.05) is 5.32 Å². The van der Waals surface area contributed by atoms with Crippen LogP contribution in [0.5, 0.6) is 0 Å². The quantitative estimate of drug-likeness (QED) is 0.366. The molecular formula is C19H17ClN4O3. The number of carbonyl (C=O) groups is 1. The summed E-state index contributed by atoms with van der Waals surface area (Å²) in [5, 5.41) is 6.82. The smallest absolute Gasteiger partial charge is 0.232 e. The number of hydrogen-bond donors (Lipinski definition) is 2. The van der Waals surface area contributed by atoms with Crippen LogP contribution in [0.1, 0.15) is 12.1 Å². The largest absolute Gasteiger partial charge is 0.444 e. The van der Waals surface area contributed by atoms with Crippen LogP contribution in [-0.2, 0) is 16.2 Å². The molecule has 2 aromatic carbocycles. The van der Waals surface area contributed by atoms with Crippen molar-refractivity contribution in [1.29, 1.82) is 0 Å². The van der Waals surface area contributed by atoms with Crippen LogP contribution in [0.2, 0.25) is 5.02 Å². The zero-order valence-corrected chi connectivity index (χ0v) is 15.0. The van der Waals surface area contributed by atoms with Crippen LogP contribution in [0.4, 0.5) is 5.69 Å². The Hall–Kier alpha value is -3.32. The molecule has 3 rings (SSSR count). The molecule has 1 heterocycles. The molecule has 0 aliphatic rings. The molecule has 1 amide bonds. The minimum Gasteiger partial charge on any atom is -0.444 e. The predicted octanol–water partition coefficient (Wildman–Crippen LogP) is 3.81. The number of amides is 1. The number of nitrogens with two attached hydrogens (primary N) is 1. The maximum Gasteiger partial charge on any atom is 0.232 e. The van der Waals surface area contributed by atoms with Crippen molar-refractivity contribution >= 4 is 29.0 Å². The maximum absolute atomic E-state index is 12.0. The monoisotopic (exact) mass is 384 g/mol. The van der Waals surface area contributed by atoms with E-state index in [0.29, 0.717) is 22.3 Å². The lowest BCUT2D eigenvalue weighted by Crippen LogP contribution is -2.22. The first-order valence-corrected chi connectivity index (χ1v) is 8.48. The second kappa shape index (κ2) is 8.86. The summed E-state index contributed by atoms with van der Waals surface area (Å²) in [5.41, 5.74) is 7.65. The first-order valence-electron chi connectivity index (χ1n) is 8.10. The van der Waals surface area contributed by atoms with Gasteiger partial charge in [-0.3, -0.25) is 4.79 Å². The van der Waals surface area contributed by atoms with Gasteiger partial charge in [-0.25, -0.2) is 4.98 Å². The summed E-state index contributed by atoms with van der Waals surface area (Å²) >= 11 is 5.99. The van der Waals surface area contributed by atoms with Crippen LogP contribution < -0.4 is 11.1 Å². The normalized spacial score (nSPS) is 11.2. The number of benzene rings is 2. The molecule has 0 saturated carbocycles. The second-order valence-electron chi connectivity index (χ2n) is 5.57. The van der Waals surface area contributed by atoms with E-state index in [1.165, 1.54) is 6.26 Å². The second-order valence-corrected chi connectivity index (χ2v) is 5.98. The zero-order chi connectivity index (χ0) is 19.1. The van der Waals surface area contributed by atoms with Gasteiger partial charge in [0.1, 0.15) is 17.8 Å². The lowest BCUT2D eigenvalue weighted by Gasteiger charge is -2.06. The molecule has 7 nitrogen and oxygen atoms in total. The summed E-state index contributed by atoms with van der Waals surface area (Å²) in [6, 6.07) is 16.4. The van der Waals surface area contributed by atoms with Gasteiger partial charge in [-0.15, -0.1) is 0 Å². The molecule has 27 heavy (non-hydrogen) atoms. The Balaban J connectivity index is 1.49. The van der Waals surface area contributed by atoms with E-state index in [1.54, 1.807) is 24.3 Å². The van der Waals surface area contributed by atoms with Crippen molar-refractivity contribution in [3.63, 3.8) is 0 Å². The highest BCUT2D eigenvalue weighted by Crippen LogP contribution is 2.20. The average molecular weight is 385 g/mol. The van der Waals surface area contributed by atoms with E-state index >= 15 is 0 Å². The predicted molar refractivity (Wildman–Crippen MR) is 103 cm³/mol. The maximum atomic E-state index is 12.0. The molecule has 0 radical (unpaired) electrons. The number of anilines is 1. The van der Waals surface area contributed by atoms with Crippen LogP contribution in [0.3, 0.4) is 0 Å². The van der Waals surface area contributed by atoms with Gasteiger partial charge in [-0.05, 0) is 24.3 Å². The molecule has 0 aliphatic carbocycles. The summed E-state index contributed by atoms with van der Waals surface area (Å²) in [7, 11) is 0. The van der Waals surface area contributed by atoms with Gasteiger partial charge in [0.25, 0.3) is 0 Å². The van der Waals surface area contributed by atoms with Crippen molar-refractivity contribution in [1.82, 2.24) is 4.98 Å².